The number of phenols is 1. The maximum absolute atomic E-state index is 16.6. The molecule has 4 atom stereocenters. The molecule has 2 bridgehead atoms. The van der Waals surface area contributed by atoms with E-state index in [-0.39, 0.29) is 28.5 Å². The lowest BCUT2D eigenvalue weighted by atomic mass is 9.95. The van der Waals surface area contributed by atoms with Gasteiger partial charge in [0.25, 0.3) is 0 Å². The van der Waals surface area contributed by atoms with Crippen LogP contribution in [0.15, 0.2) is 42.6 Å². The molecule has 3 saturated heterocycles. The molecule has 0 spiro atoms. The summed E-state index contributed by atoms with van der Waals surface area (Å²) in [5.74, 6) is 1.57. The van der Waals surface area contributed by atoms with Crippen LogP contribution in [-0.2, 0) is 0 Å². The first-order valence-corrected chi connectivity index (χ1v) is 15.7. The lowest BCUT2D eigenvalue weighted by Crippen LogP contribution is -2.46. The zero-order chi connectivity index (χ0) is 28.4. The summed E-state index contributed by atoms with van der Waals surface area (Å²) in [6, 6.07) is 11.8. The topological polar surface area (TPSA) is 74.6 Å². The fraction of sp³-hybridized carbons (Fsp3) is 0.500. The fourth-order valence-corrected chi connectivity index (χ4v) is 8.63. The van der Waals surface area contributed by atoms with E-state index in [0.717, 1.165) is 55.5 Å². The summed E-state index contributed by atoms with van der Waals surface area (Å²) in [5.41, 5.74) is 0.960. The van der Waals surface area contributed by atoms with Crippen LogP contribution in [0, 0.1) is 17.7 Å². The molecule has 1 N–H and O–H groups in total. The zero-order valence-electron chi connectivity index (χ0n) is 24.2. The van der Waals surface area contributed by atoms with Crippen molar-refractivity contribution in [2.45, 2.75) is 69.9 Å². The maximum Gasteiger partial charge on any atom is 0.319 e. The summed E-state index contributed by atoms with van der Waals surface area (Å²) >= 11 is 0. The average Bonchev–Trinajstić information content (AvgIpc) is 3.68. The number of hydrogen-bond acceptors (Lipinski definition) is 7. The molecule has 1 saturated carbocycles. The van der Waals surface area contributed by atoms with E-state index in [9.17, 15) is 5.11 Å². The molecule has 42 heavy (non-hydrogen) atoms. The lowest BCUT2D eigenvalue weighted by molar-refractivity contribution is 0.0836. The standard InChI is InChI=1S/C34H38FN5O2/c1-2-24-10-12-34(11-5-13-40(24)34)20-42-33-37-31-28(32(38-33)39-18-21-8-9-22(14-21)19-39)17-36-30(29(31)35)27-16-25(41)15-23-6-3-4-7-26(23)27/h3-4,6-7,15-17,21-22,24,41H,2,5,8-14,18-20H2,1H3. The Morgan fingerprint density at radius 1 is 1.05 bits per heavy atom. The number of rotatable bonds is 6. The first-order chi connectivity index (χ1) is 20.5. The van der Waals surface area contributed by atoms with Gasteiger partial charge in [0.05, 0.1) is 10.9 Å². The van der Waals surface area contributed by atoms with E-state index < -0.39 is 5.82 Å². The van der Waals surface area contributed by atoms with Gasteiger partial charge in [-0.2, -0.15) is 9.97 Å². The van der Waals surface area contributed by atoms with E-state index in [4.69, 9.17) is 14.7 Å². The highest BCUT2D eigenvalue weighted by atomic mass is 19.1. The molecule has 0 amide bonds. The molecular formula is C34H38FN5O2. The summed E-state index contributed by atoms with van der Waals surface area (Å²) in [4.78, 5) is 19.3. The first-order valence-electron chi connectivity index (χ1n) is 15.7. The van der Waals surface area contributed by atoms with Crippen molar-refractivity contribution in [2.24, 2.45) is 11.8 Å². The Bertz CT molecular complexity index is 1670. The third kappa shape index (κ3) is 4.21. The van der Waals surface area contributed by atoms with Gasteiger partial charge in [-0.25, -0.2) is 4.39 Å². The number of phenolic OH excluding ortho intramolecular Hbond substituents is 1. The highest BCUT2D eigenvalue weighted by Gasteiger charge is 2.49. The van der Waals surface area contributed by atoms with Crippen molar-refractivity contribution in [3.63, 3.8) is 0 Å². The Balaban J connectivity index is 1.23. The molecule has 4 aliphatic rings. The molecule has 1 aliphatic carbocycles. The summed E-state index contributed by atoms with van der Waals surface area (Å²) < 4.78 is 23.1. The minimum absolute atomic E-state index is 0.0197. The molecule has 4 unspecified atom stereocenters. The van der Waals surface area contributed by atoms with Gasteiger partial charge in [0.2, 0.25) is 0 Å². The molecule has 218 valence electrons. The molecule has 5 heterocycles. The van der Waals surface area contributed by atoms with E-state index in [1.165, 1.54) is 32.1 Å². The summed E-state index contributed by atoms with van der Waals surface area (Å²) in [6.45, 7) is 5.74. The lowest BCUT2D eigenvalue weighted by Gasteiger charge is -2.35. The van der Waals surface area contributed by atoms with Crippen LogP contribution >= 0.6 is 0 Å². The van der Waals surface area contributed by atoms with Crippen LogP contribution in [0.1, 0.15) is 58.3 Å². The average molecular weight is 568 g/mol. The van der Waals surface area contributed by atoms with Crippen LogP contribution in [0.25, 0.3) is 32.9 Å². The Morgan fingerprint density at radius 3 is 2.71 bits per heavy atom. The van der Waals surface area contributed by atoms with Crippen LogP contribution in [0.2, 0.25) is 0 Å². The first kappa shape index (κ1) is 26.1. The number of nitrogens with zero attached hydrogens (tertiary/aromatic N) is 5. The van der Waals surface area contributed by atoms with E-state index >= 15 is 4.39 Å². The van der Waals surface area contributed by atoms with E-state index in [2.05, 4.69) is 21.7 Å². The highest BCUT2D eigenvalue weighted by Crippen LogP contribution is 2.44. The van der Waals surface area contributed by atoms with Gasteiger partial charge in [0, 0.05) is 30.9 Å². The predicted molar refractivity (Wildman–Crippen MR) is 162 cm³/mol. The van der Waals surface area contributed by atoms with Gasteiger partial charge in [-0.15, -0.1) is 0 Å². The molecule has 7 nitrogen and oxygen atoms in total. The monoisotopic (exact) mass is 567 g/mol. The largest absolute Gasteiger partial charge is 0.508 e. The van der Waals surface area contributed by atoms with Crippen LogP contribution in [0.3, 0.4) is 0 Å². The predicted octanol–water partition coefficient (Wildman–Crippen LogP) is 6.71. The molecule has 3 aliphatic heterocycles. The molecule has 4 fully saturated rings. The van der Waals surface area contributed by atoms with Gasteiger partial charge in [-0.3, -0.25) is 9.88 Å². The molecule has 0 radical (unpaired) electrons. The molecule has 4 aromatic rings. The van der Waals surface area contributed by atoms with Gasteiger partial charge in [0.15, 0.2) is 5.82 Å². The highest BCUT2D eigenvalue weighted by molar-refractivity contribution is 5.99. The van der Waals surface area contributed by atoms with E-state index in [1.807, 2.05) is 24.3 Å². The smallest absolute Gasteiger partial charge is 0.319 e. The zero-order valence-corrected chi connectivity index (χ0v) is 24.2. The maximum atomic E-state index is 16.6. The van der Waals surface area contributed by atoms with E-state index in [0.29, 0.717) is 35.4 Å². The van der Waals surface area contributed by atoms with Crippen molar-refractivity contribution >= 4 is 27.5 Å². The number of anilines is 1. The minimum atomic E-state index is -0.510. The number of piperidine rings is 1. The normalized spacial score (nSPS) is 27.3. The number of halogens is 1. The van der Waals surface area contributed by atoms with Crippen molar-refractivity contribution in [3.05, 3.63) is 48.4 Å². The van der Waals surface area contributed by atoms with Crippen LogP contribution < -0.4 is 9.64 Å². The Morgan fingerprint density at radius 2 is 1.88 bits per heavy atom. The molecule has 2 aromatic heterocycles. The van der Waals surface area contributed by atoms with Crippen molar-refractivity contribution in [3.8, 4) is 23.0 Å². The number of pyridine rings is 1. The molecule has 2 aromatic carbocycles. The van der Waals surface area contributed by atoms with Crippen molar-refractivity contribution in [1.29, 1.82) is 0 Å². The number of aromatic nitrogens is 3. The van der Waals surface area contributed by atoms with Crippen molar-refractivity contribution in [1.82, 2.24) is 19.9 Å². The molecular weight excluding hydrogens is 529 g/mol. The summed E-state index contributed by atoms with van der Waals surface area (Å²) in [5, 5.41) is 12.7. The number of benzene rings is 2. The van der Waals surface area contributed by atoms with Crippen LogP contribution in [0.4, 0.5) is 10.2 Å². The summed E-state index contributed by atoms with van der Waals surface area (Å²) in [6.07, 6.45) is 11.2. The van der Waals surface area contributed by atoms with E-state index in [1.54, 1.807) is 18.3 Å². The second-order valence-corrected chi connectivity index (χ2v) is 13.1. The van der Waals surface area contributed by atoms with Gasteiger partial charge in [-0.1, -0.05) is 31.2 Å². The molecule has 8 rings (SSSR count). The van der Waals surface area contributed by atoms with Gasteiger partial charge < -0.3 is 14.7 Å². The third-order valence-corrected chi connectivity index (χ3v) is 10.6. The van der Waals surface area contributed by atoms with Gasteiger partial charge in [0.1, 0.15) is 29.4 Å². The Hall–Kier alpha value is -3.52. The Kier molecular flexibility index (Phi) is 6.25. The second kappa shape index (κ2) is 10.0. The SMILES string of the molecule is CCC1CCC2(COc3nc(N4CC5CCC(C5)C4)c4cnc(-c5cc(O)cc6ccccc56)c(F)c4n3)CCCN12. The van der Waals surface area contributed by atoms with Gasteiger partial charge >= 0.3 is 6.01 Å². The fourth-order valence-electron chi connectivity index (χ4n) is 8.63. The van der Waals surface area contributed by atoms with Gasteiger partial charge in [-0.05, 0) is 92.7 Å². The molecule has 8 heteroatoms. The van der Waals surface area contributed by atoms with Crippen LogP contribution in [0.5, 0.6) is 11.8 Å². The number of ether oxygens (including phenoxy) is 1. The van der Waals surface area contributed by atoms with Crippen molar-refractivity contribution < 1.29 is 14.2 Å². The second-order valence-electron chi connectivity index (χ2n) is 13.1. The number of hydrogen-bond donors (Lipinski definition) is 1. The number of aromatic hydroxyl groups is 1. The van der Waals surface area contributed by atoms with Crippen molar-refractivity contribution in [2.75, 3.05) is 31.1 Å². The third-order valence-electron chi connectivity index (χ3n) is 10.6. The summed E-state index contributed by atoms with van der Waals surface area (Å²) in [7, 11) is 0. The van der Waals surface area contributed by atoms with Crippen LogP contribution in [-0.4, -0.2) is 62.8 Å². The minimum Gasteiger partial charge on any atom is -0.508 e. The quantitative estimate of drug-likeness (QED) is 0.278. The Labute approximate surface area is 245 Å². The number of fused-ring (bicyclic) bond motifs is 5.